The molecule has 2 aromatic heterocycles. The van der Waals surface area contributed by atoms with Gasteiger partial charge in [-0.2, -0.15) is 4.98 Å². The molecule has 2 N–H and O–H groups in total. The predicted octanol–water partition coefficient (Wildman–Crippen LogP) is 4.33. The van der Waals surface area contributed by atoms with E-state index >= 15 is 0 Å². The fraction of sp³-hybridized carbons (Fsp3) is 0.345. The van der Waals surface area contributed by atoms with Crippen LogP contribution in [0.1, 0.15) is 26.3 Å². The summed E-state index contributed by atoms with van der Waals surface area (Å²) >= 11 is 0. The normalized spacial score (nSPS) is 14.3. The van der Waals surface area contributed by atoms with E-state index in [9.17, 15) is 9.59 Å². The van der Waals surface area contributed by atoms with Crippen molar-refractivity contribution in [3.8, 4) is 5.69 Å². The Balaban J connectivity index is 1.38. The third-order valence-corrected chi connectivity index (χ3v) is 6.56. The molecule has 1 amide bonds. The molecule has 5 rings (SSSR count). The lowest BCUT2D eigenvalue weighted by Gasteiger charge is -2.35. The van der Waals surface area contributed by atoms with Crippen molar-refractivity contribution in [2.75, 3.05) is 48.8 Å². The van der Waals surface area contributed by atoms with Gasteiger partial charge in [-0.25, -0.2) is 14.8 Å². The predicted molar refractivity (Wildman–Crippen MR) is 157 cm³/mol. The highest BCUT2D eigenvalue weighted by Gasteiger charge is 2.18. The number of hydrogen-bond donors (Lipinski definition) is 2. The molecule has 0 unspecified atom stereocenters. The van der Waals surface area contributed by atoms with Crippen LogP contribution in [0.3, 0.4) is 0 Å². The van der Waals surface area contributed by atoms with Gasteiger partial charge in [0.25, 0.3) is 5.56 Å². The first kappa shape index (κ1) is 27.1. The molecule has 40 heavy (non-hydrogen) atoms. The molecule has 0 bridgehead atoms. The summed E-state index contributed by atoms with van der Waals surface area (Å²) in [6.45, 7) is 11.6. The average Bonchev–Trinajstić information content (AvgIpc) is 2.89. The maximum absolute atomic E-state index is 12.9. The second kappa shape index (κ2) is 10.9. The first-order valence-electron chi connectivity index (χ1n) is 13.2. The molecular formula is C29H34N8O3. The van der Waals surface area contributed by atoms with Crippen LogP contribution >= 0.6 is 0 Å². The standard InChI is InChI=1S/C29H34N8O3/c1-19-16-21(8-11-24(19)36-14-12-35(5)13-15-36)32-27-31-17-23-26(34-27)37(25(38)18-30-23)22-9-6-20(7-10-22)33-28(39)40-29(2,3)4/h6-11,16-18H,12-15H2,1-5H3,(H,33,39)(H,31,32,34). The molecule has 1 saturated heterocycles. The summed E-state index contributed by atoms with van der Waals surface area (Å²) in [5.41, 5.74) is 4.24. The van der Waals surface area contributed by atoms with Crippen LogP contribution in [0.15, 0.2) is 59.7 Å². The van der Waals surface area contributed by atoms with Crippen LogP contribution in [0.4, 0.5) is 27.8 Å². The van der Waals surface area contributed by atoms with E-state index in [1.165, 1.54) is 16.5 Å². The van der Waals surface area contributed by atoms with Crippen LogP contribution in [0.2, 0.25) is 0 Å². The third kappa shape index (κ3) is 6.20. The van der Waals surface area contributed by atoms with E-state index in [1.54, 1.807) is 51.2 Å². The van der Waals surface area contributed by atoms with Gasteiger partial charge in [0.1, 0.15) is 11.1 Å². The maximum atomic E-state index is 12.9. The number of hydrogen-bond acceptors (Lipinski definition) is 9. The Kier molecular flexibility index (Phi) is 7.40. The first-order chi connectivity index (χ1) is 19.1. The van der Waals surface area contributed by atoms with Gasteiger partial charge in [-0.3, -0.25) is 14.7 Å². The Morgan fingerprint density at radius 1 is 0.950 bits per heavy atom. The molecule has 4 aromatic rings. The average molecular weight is 543 g/mol. The number of likely N-dealkylation sites (N-methyl/N-ethyl adjacent to an activating group) is 1. The van der Waals surface area contributed by atoms with Crippen molar-refractivity contribution in [3.63, 3.8) is 0 Å². The first-order valence-corrected chi connectivity index (χ1v) is 13.2. The largest absolute Gasteiger partial charge is 0.444 e. The van der Waals surface area contributed by atoms with Crippen molar-refractivity contribution in [2.45, 2.75) is 33.3 Å². The van der Waals surface area contributed by atoms with Crippen molar-refractivity contribution in [1.29, 1.82) is 0 Å². The number of fused-ring (bicyclic) bond motifs is 1. The number of piperazine rings is 1. The Morgan fingerprint density at radius 3 is 2.33 bits per heavy atom. The number of carbonyl (C=O) groups is 1. The number of ether oxygens (including phenoxy) is 1. The van der Waals surface area contributed by atoms with E-state index in [-0.39, 0.29) is 5.56 Å². The summed E-state index contributed by atoms with van der Waals surface area (Å²) in [5.74, 6) is 0.351. The fourth-order valence-corrected chi connectivity index (χ4v) is 4.60. The molecule has 0 radical (unpaired) electrons. The lowest BCUT2D eigenvalue weighted by atomic mass is 10.1. The van der Waals surface area contributed by atoms with E-state index in [4.69, 9.17) is 4.74 Å². The molecule has 0 atom stereocenters. The van der Waals surface area contributed by atoms with Gasteiger partial charge in [0.15, 0.2) is 5.65 Å². The van der Waals surface area contributed by atoms with Crippen molar-refractivity contribution in [1.82, 2.24) is 24.4 Å². The molecule has 1 fully saturated rings. The monoisotopic (exact) mass is 542 g/mol. The van der Waals surface area contributed by atoms with Crippen LogP contribution in [-0.4, -0.2) is 69.3 Å². The highest BCUT2D eigenvalue weighted by molar-refractivity contribution is 5.85. The van der Waals surface area contributed by atoms with Crippen molar-refractivity contribution in [2.24, 2.45) is 0 Å². The van der Waals surface area contributed by atoms with Gasteiger partial charge in [-0.15, -0.1) is 0 Å². The highest BCUT2D eigenvalue weighted by Crippen LogP contribution is 2.26. The summed E-state index contributed by atoms with van der Waals surface area (Å²) in [4.78, 5) is 43.0. The van der Waals surface area contributed by atoms with Crippen molar-refractivity contribution >= 4 is 40.3 Å². The van der Waals surface area contributed by atoms with Gasteiger partial charge in [0.2, 0.25) is 5.95 Å². The quantitative estimate of drug-likeness (QED) is 0.380. The number of rotatable bonds is 5. The summed E-state index contributed by atoms with van der Waals surface area (Å²) in [7, 11) is 2.15. The van der Waals surface area contributed by atoms with Crippen molar-refractivity contribution in [3.05, 3.63) is 70.8 Å². The zero-order chi connectivity index (χ0) is 28.4. The summed E-state index contributed by atoms with van der Waals surface area (Å²) < 4.78 is 6.77. The van der Waals surface area contributed by atoms with Gasteiger partial charge >= 0.3 is 6.09 Å². The van der Waals surface area contributed by atoms with Crippen LogP contribution in [-0.2, 0) is 4.74 Å². The minimum absolute atomic E-state index is 0.336. The number of anilines is 4. The maximum Gasteiger partial charge on any atom is 0.412 e. The van der Waals surface area contributed by atoms with E-state index in [2.05, 4.69) is 61.5 Å². The zero-order valence-electron chi connectivity index (χ0n) is 23.4. The van der Waals surface area contributed by atoms with E-state index < -0.39 is 11.7 Å². The summed E-state index contributed by atoms with van der Waals surface area (Å²) in [6, 6.07) is 13.1. The smallest absolute Gasteiger partial charge is 0.412 e. The minimum atomic E-state index is -0.607. The summed E-state index contributed by atoms with van der Waals surface area (Å²) in [5, 5.41) is 5.96. The van der Waals surface area contributed by atoms with Gasteiger partial charge in [-0.05, 0) is 82.8 Å². The number of aryl methyl sites for hydroxylation is 1. The van der Waals surface area contributed by atoms with E-state index in [1.807, 2.05) is 6.07 Å². The molecule has 11 heteroatoms. The topological polar surface area (TPSA) is 118 Å². The highest BCUT2D eigenvalue weighted by atomic mass is 16.6. The number of nitrogens with zero attached hydrogens (tertiary/aromatic N) is 6. The van der Waals surface area contributed by atoms with E-state index in [0.29, 0.717) is 28.5 Å². The van der Waals surface area contributed by atoms with Gasteiger partial charge in [0, 0.05) is 43.2 Å². The number of carbonyl (C=O) groups excluding carboxylic acids is 1. The van der Waals surface area contributed by atoms with Gasteiger partial charge in [0.05, 0.1) is 18.1 Å². The lowest BCUT2D eigenvalue weighted by Crippen LogP contribution is -2.44. The second-order valence-electron chi connectivity index (χ2n) is 10.9. The molecule has 11 nitrogen and oxygen atoms in total. The Morgan fingerprint density at radius 2 is 1.65 bits per heavy atom. The molecule has 208 valence electrons. The van der Waals surface area contributed by atoms with Gasteiger partial charge < -0.3 is 19.9 Å². The van der Waals surface area contributed by atoms with Crippen LogP contribution in [0, 0.1) is 6.92 Å². The third-order valence-electron chi connectivity index (χ3n) is 6.56. The molecule has 0 saturated carbocycles. The van der Waals surface area contributed by atoms with Crippen molar-refractivity contribution < 1.29 is 9.53 Å². The second-order valence-corrected chi connectivity index (χ2v) is 10.9. The summed E-state index contributed by atoms with van der Waals surface area (Å²) in [6.07, 6.45) is 2.28. The molecule has 0 aliphatic carbocycles. The molecular weight excluding hydrogens is 508 g/mol. The number of nitrogens with one attached hydrogen (secondary N) is 2. The van der Waals surface area contributed by atoms with Crippen LogP contribution < -0.4 is 21.1 Å². The Bertz CT molecular complexity index is 1590. The zero-order valence-corrected chi connectivity index (χ0v) is 23.4. The Hall–Kier alpha value is -4.51. The van der Waals surface area contributed by atoms with Crippen LogP contribution in [0.5, 0.6) is 0 Å². The SMILES string of the molecule is Cc1cc(Nc2ncc3ncc(=O)n(-c4ccc(NC(=O)OC(C)(C)C)cc4)c3n2)ccc1N1CCN(C)CC1. The molecule has 1 aliphatic heterocycles. The number of benzene rings is 2. The molecule has 0 spiro atoms. The Labute approximate surface area is 232 Å². The lowest BCUT2D eigenvalue weighted by molar-refractivity contribution is 0.0636. The van der Waals surface area contributed by atoms with Crippen LogP contribution in [0.25, 0.3) is 16.9 Å². The molecule has 1 aliphatic rings. The van der Waals surface area contributed by atoms with Gasteiger partial charge in [-0.1, -0.05) is 0 Å². The number of amides is 1. The minimum Gasteiger partial charge on any atom is -0.444 e. The van der Waals surface area contributed by atoms with E-state index in [0.717, 1.165) is 37.4 Å². The fourth-order valence-electron chi connectivity index (χ4n) is 4.60. The molecule has 3 heterocycles. The molecule has 2 aromatic carbocycles. The number of aromatic nitrogens is 4.